The molecular formula is C36H60N6O7S2. The Morgan fingerprint density at radius 1 is 1.00 bits per heavy atom. The van der Waals surface area contributed by atoms with Crippen molar-refractivity contribution in [3.05, 3.63) is 17.5 Å². The van der Waals surface area contributed by atoms with Gasteiger partial charge in [-0.25, -0.2) is 13.2 Å². The summed E-state index contributed by atoms with van der Waals surface area (Å²) in [6.07, 6.45) is 2.34. The quantitative estimate of drug-likeness (QED) is 0.186. The van der Waals surface area contributed by atoms with Gasteiger partial charge >= 0.3 is 6.03 Å². The third-order valence-corrected chi connectivity index (χ3v) is 13.5. The van der Waals surface area contributed by atoms with E-state index in [0.717, 1.165) is 17.8 Å². The number of nitrogens with zero attached hydrogens (tertiary/aromatic N) is 2. The minimum Gasteiger partial charge on any atom is -0.349 e. The smallest absolute Gasteiger partial charge is 0.315 e. The van der Waals surface area contributed by atoms with Gasteiger partial charge in [-0.3, -0.25) is 19.2 Å². The van der Waals surface area contributed by atoms with Crippen LogP contribution in [0.15, 0.2) is 21.7 Å². The molecule has 0 spiro atoms. The molecule has 1 aliphatic heterocycles. The zero-order chi connectivity index (χ0) is 38.7. The van der Waals surface area contributed by atoms with Gasteiger partial charge in [-0.05, 0) is 52.4 Å². The van der Waals surface area contributed by atoms with Crippen LogP contribution in [0.25, 0.3) is 0 Å². The lowest BCUT2D eigenvalue weighted by molar-refractivity contribution is -0.145. The van der Waals surface area contributed by atoms with Crippen molar-refractivity contribution in [2.24, 2.45) is 28.1 Å². The number of likely N-dealkylation sites (tertiary alicyclic amines) is 1. The zero-order valence-electron chi connectivity index (χ0n) is 32.2. The first-order valence-corrected chi connectivity index (χ1v) is 20.3. The van der Waals surface area contributed by atoms with Gasteiger partial charge in [-0.1, -0.05) is 88.1 Å². The van der Waals surface area contributed by atoms with Gasteiger partial charge < -0.3 is 26.2 Å². The second-order valence-corrected chi connectivity index (χ2v) is 20.0. The molecule has 0 radical (unpaired) electrons. The standard InChI is InChI=1S/C36H60N6O7S2/c1-12-14-16-23(28(43)31(45)37-18-13-2)38-30(44)27-26-22(36(26,9)10)20-42(27)32(46)29(35(6,7)8)40-33(47)39-24(34(3,4)5)21-41(11)51(48,49)25-17-15-19-50-25/h15,17,19,22-24,26-27,29H,12-14,16,18,20-21H2,1-11H3,(H,37,45)(H,38,44)(H2,39,40,47)/t22-,23?,24+,26-,27-,29+/m0/s1. The van der Waals surface area contributed by atoms with Crippen LogP contribution in [0, 0.1) is 28.1 Å². The van der Waals surface area contributed by atoms with Crippen molar-refractivity contribution < 1.29 is 32.4 Å². The number of carbonyl (C=O) groups is 5. The first-order chi connectivity index (χ1) is 23.5. The summed E-state index contributed by atoms with van der Waals surface area (Å²) in [7, 11) is -2.30. The van der Waals surface area contributed by atoms with Gasteiger partial charge in [-0.2, -0.15) is 4.31 Å². The minimum absolute atomic E-state index is 0.00746. The van der Waals surface area contributed by atoms with E-state index >= 15 is 0 Å². The molecule has 288 valence electrons. The summed E-state index contributed by atoms with van der Waals surface area (Å²) in [6, 6.07) is -1.02. The highest BCUT2D eigenvalue weighted by molar-refractivity contribution is 7.91. The number of piperidine rings is 1. The van der Waals surface area contributed by atoms with E-state index in [4.69, 9.17) is 0 Å². The zero-order valence-corrected chi connectivity index (χ0v) is 33.8. The van der Waals surface area contributed by atoms with Gasteiger partial charge in [0.15, 0.2) is 0 Å². The largest absolute Gasteiger partial charge is 0.349 e. The molecule has 2 aliphatic rings. The third-order valence-electron chi connectivity index (χ3n) is 10.3. The summed E-state index contributed by atoms with van der Waals surface area (Å²) in [4.78, 5) is 69.5. The minimum atomic E-state index is -3.77. The topological polar surface area (TPSA) is 174 Å². The first kappa shape index (κ1) is 42.4. The maximum Gasteiger partial charge on any atom is 0.315 e. The molecule has 0 bridgehead atoms. The van der Waals surface area contributed by atoms with Crippen LogP contribution in [-0.2, 0) is 29.2 Å². The van der Waals surface area contributed by atoms with Crippen LogP contribution in [0.4, 0.5) is 4.79 Å². The number of nitrogens with one attached hydrogen (secondary N) is 4. The fraction of sp³-hybridized carbons (Fsp3) is 0.750. The second kappa shape index (κ2) is 16.3. The number of ketones is 1. The third kappa shape index (κ3) is 9.89. The molecule has 15 heteroatoms. The number of Topliss-reactive ketones (excluding diaryl/α,β-unsaturated/α-hetero) is 1. The monoisotopic (exact) mass is 752 g/mol. The Morgan fingerprint density at radius 3 is 2.18 bits per heavy atom. The highest BCUT2D eigenvalue weighted by Crippen LogP contribution is 2.65. The number of likely N-dealkylation sites (N-methyl/N-ethyl adjacent to an activating group) is 1. The summed E-state index contributed by atoms with van der Waals surface area (Å²) in [5.74, 6) is -2.47. The molecule has 1 aromatic heterocycles. The Morgan fingerprint density at radius 2 is 1.65 bits per heavy atom. The first-order valence-electron chi connectivity index (χ1n) is 18.0. The van der Waals surface area contributed by atoms with E-state index in [1.807, 2.05) is 55.4 Å². The van der Waals surface area contributed by atoms with Gasteiger partial charge in [0.2, 0.25) is 17.6 Å². The summed E-state index contributed by atoms with van der Waals surface area (Å²) in [5, 5.41) is 12.9. The molecular weight excluding hydrogens is 693 g/mol. The lowest BCUT2D eigenvalue weighted by atomic mass is 9.85. The molecule has 2 heterocycles. The lowest BCUT2D eigenvalue weighted by Crippen LogP contribution is -2.62. The van der Waals surface area contributed by atoms with Crippen LogP contribution < -0.4 is 21.3 Å². The van der Waals surface area contributed by atoms with E-state index in [1.165, 1.54) is 22.3 Å². The van der Waals surface area contributed by atoms with Crippen molar-refractivity contribution in [3.63, 3.8) is 0 Å². The summed E-state index contributed by atoms with van der Waals surface area (Å²) >= 11 is 1.12. The fourth-order valence-corrected chi connectivity index (χ4v) is 9.22. The van der Waals surface area contributed by atoms with Crippen molar-refractivity contribution in [1.29, 1.82) is 0 Å². The number of urea groups is 1. The van der Waals surface area contributed by atoms with Gasteiger partial charge in [0, 0.05) is 32.7 Å². The Bertz CT molecular complexity index is 1530. The predicted molar refractivity (Wildman–Crippen MR) is 198 cm³/mol. The number of carbonyl (C=O) groups excluding carboxylic acids is 5. The van der Waals surface area contributed by atoms with E-state index in [1.54, 1.807) is 11.4 Å². The van der Waals surface area contributed by atoms with E-state index in [0.29, 0.717) is 32.4 Å². The van der Waals surface area contributed by atoms with Crippen LogP contribution >= 0.6 is 11.3 Å². The highest BCUT2D eigenvalue weighted by atomic mass is 32.2. The molecule has 51 heavy (non-hydrogen) atoms. The molecule has 3 rings (SSSR count). The number of amides is 5. The van der Waals surface area contributed by atoms with Crippen LogP contribution in [0.3, 0.4) is 0 Å². The van der Waals surface area contributed by atoms with Crippen molar-refractivity contribution in [3.8, 4) is 0 Å². The molecule has 1 unspecified atom stereocenters. The molecule has 1 saturated carbocycles. The summed E-state index contributed by atoms with van der Waals surface area (Å²) in [5.41, 5.74) is -1.54. The summed E-state index contributed by atoms with van der Waals surface area (Å²) < 4.78 is 27.8. The van der Waals surface area contributed by atoms with Gasteiger partial charge in [-0.15, -0.1) is 11.3 Å². The lowest BCUT2D eigenvalue weighted by Gasteiger charge is -2.39. The van der Waals surface area contributed by atoms with E-state index < -0.39 is 74.6 Å². The van der Waals surface area contributed by atoms with Crippen LogP contribution in [0.1, 0.15) is 94.9 Å². The molecule has 4 N–H and O–H groups in total. The van der Waals surface area contributed by atoms with Crippen molar-refractivity contribution in [1.82, 2.24) is 30.5 Å². The van der Waals surface area contributed by atoms with E-state index in [9.17, 15) is 32.4 Å². The number of hydrogen-bond acceptors (Lipinski definition) is 8. The Balaban J connectivity index is 1.83. The maximum atomic E-state index is 14.4. The number of fused-ring (bicyclic) bond motifs is 1. The summed E-state index contributed by atoms with van der Waals surface area (Å²) in [6.45, 7) is 19.7. The molecule has 1 saturated heterocycles. The van der Waals surface area contributed by atoms with Crippen molar-refractivity contribution in [2.75, 3.05) is 26.7 Å². The molecule has 0 aromatic carbocycles. The van der Waals surface area contributed by atoms with E-state index in [-0.39, 0.29) is 28.0 Å². The normalized spacial score (nSPS) is 21.6. The van der Waals surface area contributed by atoms with Gasteiger partial charge in [0.05, 0.1) is 6.04 Å². The van der Waals surface area contributed by atoms with Crippen molar-refractivity contribution >= 4 is 50.9 Å². The average Bonchev–Trinajstić information content (AvgIpc) is 3.49. The Hall–Kier alpha value is -3.04. The van der Waals surface area contributed by atoms with E-state index in [2.05, 4.69) is 35.1 Å². The number of unbranched alkanes of at least 4 members (excludes halogenated alkanes) is 1. The van der Waals surface area contributed by atoms with Gasteiger partial charge in [0.1, 0.15) is 16.3 Å². The second-order valence-electron chi connectivity index (χ2n) is 16.8. The number of rotatable bonds is 16. The van der Waals surface area contributed by atoms with Crippen LogP contribution in [0.5, 0.6) is 0 Å². The number of thiophene rings is 1. The highest BCUT2D eigenvalue weighted by Gasteiger charge is 2.70. The fourth-order valence-electron chi connectivity index (χ4n) is 6.83. The number of sulfonamides is 1. The van der Waals surface area contributed by atoms with Crippen LogP contribution in [0.2, 0.25) is 0 Å². The van der Waals surface area contributed by atoms with Gasteiger partial charge in [0.25, 0.3) is 15.9 Å². The number of hydrogen-bond donors (Lipinski definition) is 4. The SMILES string of the molecule is CCCCC(NC(=O)[C@@H]1[C@@H]2[C@H](CN1C(=O)[C@@H](NC(=O)N[C@H](CN(C)S(=O)(=O)c1cccs1)C(C)(C)C)C(C)(C)C)C2(C)C)C(=O)C(=O)NCCC. The van der Waals surface area contributed by atoms with Crippen LogP contribution in [-0.4, -0.2) is 98.0 Å². The molecule has 1 aliphatic carbocycles. The molecule has 1 aromatic rings. The Kier molecular flexibility index (Phi) is 13.6. The molecule has 2 fully saturated rings. The molecule has 6 atom stereocenters. The predicted octanol–water partition coefficient (Wildman–Crippen LogP) is 3.75. The molecule has 5 amide bonds. The maximum absolute atomic E-state index is 14.4. The molecule has 13 nitrogen and oxygen atoms in total. The average molecular weight is 753 g/mol. The van der Waals surface area contributed by atoms with Crippen molar-refractivity contribution in [2.45, 2.75) is 123 Å². The Labute approximate surface area is 308 Å².